The van der Waals surface area contributed by atoms with Crippen LogP contribution < -0.4 is 5.32 Å². The smallest absolute Gasteiger partial charge is 0.359 e. The lowest BCUT2D eigenvalue weighted by atomic mass is 10.3. The standard InChI is InChI=1S/C10H18N2O7/c13-4-3-12(6-9(16)17,7-10(18)19)2-1-11-5-8(14)15/h11,13H,1-7H2,(H2-,14,15,16,17,18,19)/p+1. The molecule has 9 heteroatoms. The minimum absolute atomic E-state index is 0.0205. The van der Waals surface area contributed by atoms with Crippen molar-refractivity contribution in [2.75, 3.05) is 45.9 Å². The van der Waals surface area contributed by atoms with Crippen LogP contribution in [0.4, 0.5) is 0 Å². The number of nitrogens with one attached hydrogen (secondary N) is 1. The maximum absolute atomic E-state index is 10.8. The van der Waals surface area contributed by atoms with Crippen molar-refractivity contribution in [1.29, 1.82) is 0 Å². The van der Waals surface area contributed by atoms with Gasteiger partial charge in [0.25, 0.3) is 0 Å². The molecule has 0 aliphatic carbocycles. The number of aliphatic hydroxyl groups excluding tert-OH is 1. The average molecular weight is 279 g/mol. The zero-order valence-corrected chi connectivity index (χ0v) is 10.4. The lowest BCUT2D eigenvalue weighted by Crippen LogP contribution is -2.58. The van der Waals surface area contributed by atoms with E-state index in [1.807, 2.05) is 0 Å². The minimum atomic E-state index is -1.17. The third-order valence-electron chi connectivity index (χ3n) is 2.55. The summed E-state index contributed by atoms with van der Waals surface area (Å²) in [4.78, 5) is 31.9. The number of quaternary nitrogens is 1. The van der Waals surface area contributed by atoms with Crippen LogP contribution in [0.15, 0.2) is 0 Å². The zero-order valence-electron chi connectivity index (χ0n) is 10.4. The first-order valence-corrected chi connectivity index (χ1v) is 5.63. The van der Waals surface area contributed by atoms with E-state index in [1.165, 1.54) is 0 Å². The normalized spacial score (nSPS) is 11.2. The Hall–Kier alpha value is -1.71. The van der Waals surface area contributed by atoms with E-state index in [0.717, 1.165) is 0 Å². The number of carboxylic acids is 3. The molecule has 0 aromatic carbocycles. The van der Waals surface area contributed by atoms with E-state index in [2.05, 4.69) is 5.32 Å². The Kier molecular flexibility index (Phi) is 7.65. The fraction of sp³-hybridized carbons (Fsp3) is 0.700. The highest BCUT2D eigenvalue weighted by Crippen LogP contribution is 2.06. The Morgan fingerprint density at radius 2 is 1.42 bits per heavy atom. The van der Waals surface area contributed by atoms with Gasteiger partial charge in [-0.2, -0.15) is 0 Å². The van der Waals surface area contributed by atoms with E-state index in [-0.39, 0.29) is 37.3 Å². The van der Waals surface area contributed by atoms with Crippen LogP contribution in [0.5, 0.6) is 0 Å². The fourth-order valence-corrected chi connectivity index (χ4v) is 1.78. The van der Waals surface area contributed by atoms with Gasteiger partial charge in [0.05, 0.1) is 19.7 Å². The van der Waals surface area contributed by atoms with E-state index in [0.29, 0.717) is 0 Å². The summed E-state index contributed by atoms with van der Waals surface area (Å²) in [6.07, 6.45) is 0. The van der Waals surface area contributed by atoms with Gasteiger partial charge in [0.1, 0.15) is 6.54 Å². The van der Waals surface area contributed by atoms with Gasteiger partial charge in [0.15, 0.2) is 13.1 Å². The summed E-state index contributed by atoms with van der Waals surface area (Å²) in [6.45, 7) is -1.30. The van der Waals surface area contributed by atoms with Gasteiger partial charge in [-0.1, -0.05) is 0 Å². The molecule has 0 atom stereocenters. The van der Waals surface area contributed by atoms with E-state index in [4.69, 9.17) is 20.4 Å². The lowest BCUT2D eigenvalue weighted by Gasteiger charge is -2.35. The number of hydrogen-bond donors (Lipinski definition) is 5. The molecule has 0 unspecified atom stereocenters. The van der Waals surface area contributed by atoms with Crippen LogP contribution in [0.3, 0.4) is 0 Å². The van der Waals surface area contributed by atoms with Crippen molar-refractivity contribution in [3.63, 3.8) is 0 Å². The topological polar surface area (TPSA) is 144 Å². The van der Waals surface area contributed by atoms with E-state index in [9.17, 15) is 14.4 Å². The van der Waals surface area contributed by atoms with E-state index < -0.39 is 31.0 Å². The molecule has 9 nitrogen and oxygen atoms in total. The predicted octanol–water partition coefficient (Wildman–Crippen LogP) is -2.36. The second kappa shape index (κ2) is 8.40. The highest BCUT2D eigenvalue weighted by Gasteiger charge is 2.32. The molecule has 0 heterocycles. The van der Waals surface area contributed by atoms with Gasteiger partial charge in [0, 0.05) is 6.54 Å². The Labute approximate surface area is 109 Å². The molecule has 0 saturated carbocycles. The molecule has 19 heavy (non-hydrogen) atoms. The zero-order chi connectivity index (χ0) is 14.9. The molecular formula is C10H19N2O7+. The summed E-state index contributed by atoms with van der Waals surface area (Å²) in [5.41, 5.74) is 0. The predicted molar refractivity (Wildman–Crippen MR) is 62.6 cm³/mol. The molecule has 0 aromatic rings. The van der Waals surface area contributed by atoms with Crippen molar-refractivity contribution in [2.24, 2.45) is 0 Å². The number of carboxylic acid groups (broad SMARTS) is 3. The monoisotopic (exact) mass is 279 g/mol. The molecule has 0 aliphatic rings. The summed E-state index contributed by atoms with van der Waals surface area (Å²) >= 11 is 0. The summed E-state index contributed by atoms with van der Waals surface area (Å²) in [7, 11) is 0. The third kappa shape index (κ3) is 8.08. The molecule has 0 radical (unpaired) electrons. The minimum Gasteiger partial charge on any atom is -0.480 e. The summed E-state index contributed by atoms with van der Waals surface area (Å²) in [5, 5.41) is 37.6. The molecule has 0 rings (SSSR count). The number of aliphatic hydroxyl groups is 1. The summed E-state index contributed by atoms with van der Waals surface area (Å²) in [5.74, 6) is -3.41. The largest absolute Gasteiger partial charge is 0.480 e. The van der Waals surface area contributed by atoms with Crippen LogP contribution in [-0.2, 0) is 14.4 Å². The Morgan fingerprint density at radius 3 is 1.79 bits per heavy atom. The van der Waals surface area contributed by atoms with Crippen LogP contribution in [0.25, 0.3) is 0 Å². The van der Waals surface area contributed by atoms with Crippen molar-refractivity contribution < 1.29 is 39.3 Å². The highest BCUT2D eigenvalue weighted by molar-refractivity contribution is 5.70. The van der Waals surface area contributed by atoms with Crippen LogP contribution in [0.1, 0.15) is 0 Å². The lowest BCUT2D eigenvalue weighted by molar-refractivity contribution is -0.913. The van der Waals surface area contributed by atoms with Gasteiger partial charge < -0.3 is 30.2 Å². The molecule has 0 fully saturated rings. The number of hydrogen-bond acceptors (Lipinski definition) is 5. The van der Waals surface area contributed by atoms with Gasteiger partial charge in [-0.3, -0.25) is 4.79 Å². The first-order chi connectivity index (χ1) is 8.81. The molecule has 0 aromatic heterocycles. The van der Waals surface area contributed by atoms with E-state index in [1.54, 1.807) is 0 Å². The van der Waals surface area contributed by atoms with Crippen molar-refractivity contribution in [3.8, 4) is 0 Å². The van der Waals surface area contributed by atoms with Gasteiger partial charge in [-0.05, 0) is 0 Å². The first kappa shape index (κ1) is 17.3. The molecule has 110 valence electrons. The van der Waals surface area contributed by atoms with Crippen LogP contribution in [-0.4, -0.2) is 88.7 Å². The van der Waals surface area contributed by atoms with Crippen molar-refractivity contribution in [3.05, 3.63) is 0 Å². The maximum atomic E-state index is 10.8. The summed E-state index contributed by atoms with van der Waals surface area (Å²) in [6, 6.07) is 0. The Bertz CT molecular complexity index is 316. The van der Waals surface area contributed by atoms with Gasteiger partial charge in [-0.15, -0.1) is 0 Å². The number of rotatable bonds is 11. The van der Waals surface area contributed by atoms with Crippen LogP contribution in [0.2, 0.25) is 0 Å². The Balaban J connectivity index is 4.63. The summed E-state index contributed by atoms with van der Waals surface area (Å²) < 4.78 is -0.339. The van der Waals surface area contributed by atoms with Gasteiger partial charge in [0.2, 0.25) is 0 Å². The molecule has 0 aliphatic heterocycles. The fourth-order valence-electron chi connectivity index (χ4n) is 1.78. The second-order valence-electron chi connectivity index (χ2n) is 4.19. The average Bonchev–Trinajstić information content (AvgIpc) is 2.22. The van der Waals surface area contributed by atoms with E-state index >= 15 is 0 Å². The quantitative estimate of drug-likeness (QED) is 0.209. The maximum Gasteiger partial charge on any atom is 0.359 e. The highest BCUT2D eigenvalue weighted by atomic mass is 16.4. The van der Waals surface area contributed by atoms with Gasteiger partial charge in [-0.25, -0.2) is 9.59 Å². The number of carbonyl (C=O) groups is 3. The molecule has 0 amide bonds. The van der Waals surface area contributed by atoms with Crippen molar-refractivity contribution in [2.45, 2.75) is 0 Å². The second-order valence-corrected chi connectivity index (χ2v) is 4.19. The van der Waals surface area contributed by atoms with Crippen LogP contribution in [0, 0.1) is 0 Å². The molecule has 0 saturated heterocycles. The van der Waals surface area contributed by atoms with Crippen LogP contribution >= 0.6 is 0 Å². The Morgan fingerprint density at radius 1 is 0.895 bits per heavy atom. The molecule has 0 spiro atoms. The number of aliphatic carboxylic acids is 3. The van der Waals surface area contributed by atoms with Crippen molar-refractivity contribution in [1.82, 2.24) is 5.32 Å². The molecular weight excluding hydrogens is 260 g/mol. The van der Waals surface area contributed by atoms with Gasteiger partial charge >= 0.3 is 17.9 Å². The molecule has 5 N–H and O–H groups in total. The first-order valence-electron chi connectivity index (χ1n) is 5.63. The van der Waals surface area contributed by atoms with Crippen molar-refractivity contribution >= 4 is 17.9 Å². The SMILES string of the molecule is O=C(O)CNCC[N+](CCO)(CC(=O)O)CC(=O)O. The number of nitrogens with zero attached hydrogens (tertiary/aromatic N) is 1. The third-order valence-corrected chi connectivity index (χ3v) is 2.55. The molecule has 0 bridgehead atoms.